The molecular formula is C40H40Cl2N4O4S. The number of carbonyl (C=O) groups is 2. The van der Waals surface area contributed by atoms with Crippen molar-refractivity contribution in [2.24, 2.45) is 0 Å². The Kier molecular flexibility index (Phi) is 10.9. The zero-order valence-corrected chi connectivity index (χ0v) is 31.1. The molecule has 3 heterocycles. The first-order chi connectivity index (χ1) is 24.8. The van der Waals surface area contributed by atoms with Gasteiger partial charge in [-0.3, -0.25) is 19.1 Å². The van der Waals surface area contributed by atoms with E-state index in [4.69, 9.17) is 32.7 Å². The maximum Gasteiger partial charge on any atom is 0.310 e. The van der Waals surface area contributed by atoms with E-state index in [0.717, 1.165) is 61.7 Å². The number of benzene rings is 4. The number of rotatable bonds is 11. The molecule has 11 heteroatoms. The van der Waals surface area contributed by atoms with Crippen LogP contribution in [0.25, 0.3) is 10.9 Å². The highest BCUT2D eigenvalue weighted by molar-refractivity contribution is 7.99. The average Bonchev–Trinajstić information content (AvgIpc) is 3.41. The molecule has 51 heavy (non-hydrogen) atoms. The van der Waals surface area contributed by atoms with Crippen molar-refractivity contribution in [3.63, 3.8) is 0 Å². The maximum atomic E-state index is 13.6. The van der Waals surface area contributed by atoms with Gasteiger partial charge in [0.2, 0.25) is 0 Å². The van der Waals surface area contributed by atoms with E-state index >= 15 is 0 Å². The molecule has 7 rings (SSSR count). The monoisotopic (exact) mass is 742 g/mol. The molecular weight excluding hydrogens is 703 g/mol. The summed E-state index contributed by atoms with van der Waals surface area (Å²) in [6, 6.07) is 27.1. The normalized spacial score (nSPS) is 14.7. The number of halogens is 2. The Morgan fingerprint density at radius 2 is 1.49 bits per heavy atom. The summed E-state index contributed by atoms with van der Waals surface area (Å²) in [7, 11) is 1.60. The summed E-state index contributed by atoms with van der Waals surface area (Å²) in [5, 5.41) is 2.10. The average molecular weight is 744 g/mol. The molecule has 0 radical (unpaired) electrons. The molecule has 0 unspecified atom stereocenters. The molecule has 0 spiro atoms. The van der Waals surface area contributed by atoms with Crippen molar-refractivity contribution in [3.8, 4) is 5.75 Å². The molecule has 0 N–H and O–H groups in total. The summed E-state index contributed by atoms with van der Waals surface area (Å²) in [4.78, 5) is 36.6. The number of carbonyl (C=O) groups excluding carboxylic acids is 2. The fourth-order valence-corrected chi connectivity index (χ4v) is 8.38. The predicted octanol–water partition coefficient (Wildman–Crippen LogP) is 8.35. The third-order valence-corrected chi connectivity index (χ3v) is 11.4. The number of hydrogen-bond acceptors (Lipinski definition) is 8. The SMILES string of the molecule is COc1ccc2c(c1)c(CC(=O)OCCN1CCN(CCCN3c4ccccc4Sc4ccc(Cl)cc43)CC1)c(C)n2C(=O)c1ccc(Cl)cc1. The highest BCUT2D eigenvalue weighted by Crippen LogP contribution is 2.48. The van der Waals surface area contributed by atoms with Crippen LogP contribution in [-0.2, 0) is 16.0 Å². The first-order valence-electron chi connectivity index (χ1n) is 17.2. The zero-order valence-electron chi connectivity index (χ0n) is 28.7. The highest BCUT2D eigenvalue weighted by Gasteiger charge is 2.25. The molecule has 0 amide bonds. The Balaban J connectivity index is 0.905. The molecule has 4 aromatic carbocycles. The van der Waals surface area contributed by atoms with Crippen molar-refractivity contribution in [2.45, 2.75) is 29.6 Å². The summed E-state index contributed by atoms with van der Waals surface area (Å²) >= 11 is 14.3. The first-order valence-corrected chi connectivity index (χ1v) is 18.8. The molecule has 5 aromatic rings. The Hall–Kier alpha value is -3.99. The molecule has 0 bridgehead atoms. The van der Waals surface area contributed by atoms with E-state index in [1.54, 1.807) is 47.7 Å². The molecule has 1 aromatic heterocycles. The quantitative estimate of drug-likeness (QED) is 0.125. The number of esters is 1. The van der Waals surface area contributed by atoms with Gasteiger partial charge in [-0.05, 0) is 98.2 Å². The molecule has 1 fully saturated rings. The number of piperazine rings is 1. The topological polar surface area (TPSA) is 67.2 Å². The van der Waals surface area contributed by atoms with E-state index < -0.39 is 0 Å². The minimum absolute atomic E-state index is 0.0566. The molecule has 264 valence electrons. The minimum Gasteiger partial charge on any atom is -0.497 e. The summed E-state index contributed by atoms with van der Waals surface area (Å²) < 4.78 is 12.9. The first kappa shape index (κ1) is 35.4. The third kappa shape index (κ3) is 7.78. The number of para-hydroxylation sites is 1. The van der Waals surface area contributed by atoms with E-state index in [9.17, 15) is 9.59 Å². The van der Waals surface area contributed by atoms with Gasteiger partial charge in [0.25, 0.3) is 5.91 Å². The Morgan fingerprint density at radius 1 is 0.784 bits per heavy atom. The van der Waals surface area contributed by atoms with Crippen molar-refractivity contribution >= 4 is 69.1 Å². The van der Waals surface area contributed by atoms with Crippen LogP contribution in [0, 0.1) is 6.92 Å². The van der Waals surface area contributed by atoms with Gasteiger partial charge >= 0.3 is 5.97 Å². The van der Waals surface area contributed by atoms with E-state index in [1.807, 2.05) is 31.2 Å². The van der Waals surface area contributed by atoms with Gasteiger partial charge < -0.3 is 19.3 Å². The number of ether oxygens (including phenoxy) is 2. The summed E-state index contributed by atoms with van der Waals surface area (Å²) in [5.74, 6) is 0.140. The molecule has 1 saturated heterocycles. The largest absolute Gasteiger partial charge is 0.497 e. The van der Waals surface area contributed by atoms with Gasteiger partial charge in [-0.2, -0.15) is 0 Å². The highest BCUT2D eigenvalue weighted by atomic mass is 35.5. The van der Waals surface area contributed by atoms with E-state index in [2.05, 4.69) is 51.1 Å². The maximum absolute atomic E-state index is 13.6. The number of nitrogens with zero attached hydrogens (tertiary/aromatic N) is 4. The van der Waals surface area contributed by atoms with Crippen LogP contribution in [-0.4, -0.2) is 85.8 Å². The van der Waals surface area contributed by atoms with Crippen molar-refractivity contribution in [2.75, 3.05) is 64.4 Å². The van der Waals surface area contributed by atoms with Crippen LogP contribution in [0.2, 0.25) is 10.0 Å². The van der Waals surface area contributed by atoms with Crippen molar-refractivity contribution < 1.29 is 19.1 Å². The fraction of sp³-hybridized carbons (Fsp3) is 0.300. The number of hydrogen-bond donors (Lipinski definition) is 0. The van der Waals surface area contributed by atoms with Gasteiger partial charge in [-0.1, -0.05) is 47.1 Å². The van der Waals surface area contributed by atoms with Crippen LogP contribution in [0.15, 0.2) is 94.7 Å². The van der Waals surface area contributed by atoms with Gasteiger partial charge in [0, 0.05) is 75.7 Å². The number of anilines is 2. The zero-order chi connectivity index (χ0) is 35.5. The lowest BCUT2D eigenvalue weighted by Crippen LogP contribution is -2.47. The van der Waals surface area contributed by atoms with Crippen LogP contribution in [0.5, 0.6) is 5.75 Å². The Morgan fingerprint density at radius 3 is 2.25 bits per heavy atom. The summed E-state index contributed by atoms with van der Waals surface area (Å²) in [6.07, 6.45) is 1.09. The number of fused-ring (bicyclic) bond motifs is 3. The molecule has 0 saturated carbocycles. The van der Waals surface area contributed by atoms with Crippen molar-refractivity contribution in [1.82, 2.24) is 14.4 Å². The van der Waals surface area contributed by atoms with Crippen LogP contribution in [0.4, 0.5) is 11.4 Å². The van der Waals surface area contributed by atoms with E-state index in [1.165, 1.54) is 21.2 Å². The van der Waals surface area contributed by atoms with Crippen LogP contribution >= 0.6 is 35.0 Å². The second-order valence-electron chi connectivity index (χ2n) is 12.9. The standard InChI is InChI=1S/C40H40Cl2N4O4S/c1-27-32(33-25-31(49-2)13-14-34(33)46(27)40(48)28-8-10-29(41)11-9-28)26-39(47)50-23-22-44-20-18-43(19-21-44)16-5-17-45-35-6-3-4-7-37(35)51-38-15-12-30(42)24-36(38)45/h3-4,6-15,24-25H,5,16-23,26H2,1-2H3. The fourth-order valence-electron chi connectivity index (χ4n) is 7.01. The van der Waals surface area contributed by atoms with E-state index in [-0.39, 0.29) is 18.3 Å². The Bertz CT molecular complexity index is 2060. The van der Waals surface area contributed by atoms with Gasteiger partial charge in [0.05, 0.1) is 30.4 Å². The lowest BCUT2D eigenvalue weighted by atomic mass is 10.1. The van der Waals surface area contributed by atoms with Crippen molar-refractivity contribution in [1.29, 1.82) is 0 Å². The smallest absolute Gasteiger partial charge is 0.310 e. The van der Waals surface area contributed by atoms with Crippen LogP contribution in [0.3, 0.4) is 0 Å². The van der Waals surface area contributed by atoms with Crippen LogP contribution < -0.4 is 9.64 Å². The second kappa shape index (κ2) is 15.7. The van der Waals surface area contributed by atoms with Crippen molar-refractivity contribution in [3.05, 3.63) is 112 Å². The van der Waals surface area contributed by atoms with Gasteiger partial charge in [-0.15, -0.1) is 0 Å². The van der Waals surface area contributed by atoms with Gasteiger partial charge in [0.15, 0.2) is 0 Å². The van der Waals surface area contributed by atoms with Crippen LogP contribution in [0.1, 0.15) is 28.0 Å². The molecule has 8 nitrogen and oxygen atoms in total. The number of methoxy groups -OCH3 is 1. The summed E-state index contributed by atoms with van der Waals surface area (Å²) in [5.41, 5.74) is 5.09. The lowest BCUT2D eigenvalue weighted by molar-refractivity contribution is -0.143. The third-order valence-electron chi connectivity index (χ3n) is 9.74. The summed E-state index contributed by atoms with van der Waals surface area (Å²) in [6.45, 7) is 8.61. The lowest BCUT2D eigenvalue weighted by Gasteiger charge is -2.36. The minimum atomic E-state index is -0.321. The molecule has 0 atom stereocenters. The molecule has 2 aliphatic heterocycles. The Labute approximate surface area is 312 Å². The van der Waals surface area contributed by atoms with E-state index in [0.29, 0.717) is 40.7 Å². The molecule has 2 aliphatic rings. The number of aromatic nitrogens is 1. The second-order valence-corrected chi connectivity index (χ2v) is 14.8. The van der Waals surface area contributed by atoms with Gasteiger partial charge in [0.1, 0.15) is 12.4 Å². The van der Waals surface area contributed by atoms with Gasteiger partial charge in [-0.25, -0.2) is 0 Å². The molecule has 0 aliphatic carbocycles. The predicted molar refractivity (Wildman–Crippen MR) is 206 cm³/mol.